The number of likely N-dealkylation sites (tertiary alicyclic amines) is 1. The molecule has 2 heterocycles. The second kappa shape index (κ2) is 4.17. The van der Waals surface area contributed by atoms with E-state index in [1.807, 2.05) is 6.92 Å². The van der Waals surface area contributed by atoms with Gasteiger partial charge in [-0.15, -0.1) is 0 Å². The van der Waals surface area contributed by atoms with Crippen LogP contribution in [0.1, 0.15) is 32.6 Å². The summed E-state index contributed by atoms with van der Waals surface area (Å²) in [5.74, 6) is -0.110. The minimum absolute atomic E-state index is 0.0268. The Labute approximate surface area is 96.4 Å². The first-order valence-corrected chi connectivity index (χ1v) is 6.09. The van der Waals surface area contributed by atoms with Crippen molar-refractivity contribution < 1.29 is 9.59 Å². The largest absolute Gasteiger partial charge is 0.306 e. The van der Waals surface area contributed by atoms with Crippen LogP contribution in [0.4, 0.5) is 0 Å². The van der Waals surface area contributed by atoms with Gasteiger partial charge in [0.25, 0.3) is 0 Å². The lowest BCUT2D eigenvalue weighted by Gasteiger charge is -2.47. The molecule has 0 aromatic heterocycles. The molecule has 1 unspecified atom stereocenters. The zero-order valence-electron chi connectivity index (χ0n) is 10.1. The molecular formula is C12H20N2O2. The van der Waals surface area contributed by atoms with Gasteiger partial charge in [0.2, 0.25) is 11.8 Å². The zero-order chi connectivity index (χ0) is 11.8. The number of imide groups is 1. The molecular weight excluding hydrogens is 204 g/mol. The van der Waals surface area contributed by atoms with Gasteiger partial charge in [-0.3, -0.25) is 14.9 Å². The topological polar surface area (TPSA) is 49.4 Å². The fraction of sp³-hybridized carbons (Fsp3) is 0.833. The van der Waals surface area contributed by atoms with Crippen molar-refractivity contribution in [2.45, 2.75) is 32.6 Å². The highest BCUT2D eigenvalue weighted by atomic mass is 16.2. The summed E-state index contributed by atoms with van der Waals surface area (Å²) in [7, 11) is 2.10. The van der Waals surface area contributed by atoms with E-state index in [0.717, 1.165) is 32.4 Å². The first-order valence-electron chi connectivity index (χ1n) is 6.09. The van der Waals surface area contributed by atoms with Gasteiger partial charge in [-0.05, 0) is 44.8 Å². The predicted octanol–water partition coefficient (Wildman–Crippen LogP) is 0.771. The molecule has 1 atom stereocenters. The van der Waals surface area contributed by atoms with Crippen LogP contribution in [0.2, 0.25) is 0 Å². The fourth-order valence-corrected chi connectivity index (χ4v) is 3.20. The second-order valence-corrected chi connectivity index (χ2v) is 5.22. The summed E-state index contributed by atoms with van der Waals surface area (Å²) in [6, 6.07) is 0. The average Bonchev–Trinajstić information content (AvgIpc) is 2.22. The molecule has 16 heavy (non-hydrogen) atoms. The third kappa shape index (κ3) is 1.86. The maximum Gasteiger partial charge on any atom is 0.230 e. The van der Waals surface area contributed by atoms with Crippen LogP contribution in [0.25, 0.3) is 0 Å². The average molecular weight is 224 g/mol. The summed E-state index contributed by atoms with van der Waals surface area (Å²) in [6.45, 7) is 4.04. The van der Waals surface area contributed by atoms with Crippen LogP contribution in [0.3, 0.4) is 0 Å². The van der Waals surface area contributed by atoms with Crippen molar-refractivity contribution in [1.82, 2.24) is 10.2 Å². The molecule has 4 heteroatoms. The molecule has 2 rings (SSSR count). The van der Waals surface area contributed by atoms with Gasteiger partial charge in [0.1, 0.15) is 0 Å². The Bertz CT molecular complexity index is 306. The van der Waals surface area contributed by atoms with E-state index in [2.05, 4.69) is 17.3 Å². The SMILES string of the molecule is CCC1C(=O)NC(=O)CC12CCN(C)CC2. The van der Waals surface area contributed by atoms with E-state index in [1.54, 1.807) is 0 Å². The molecule has 2 amide bonds. The van der Waals surface area contributed by atoms with Crippen molar-refractivity contribution in [3.05, 3.63) is 0 Å². The summed E-state index contributed by atoms with van der Waals surface area (Å²) < 4.78 is 0. The van der Waals surface area contributed by atoms with Gasteiger partial charge in [-0.1, -0.05) is 6.92 Å². The van der Waals surface area contributed by atoms with Crippen LogP contribution in [-0.4, -0.2) is 36.9 Å². The van der Waals surface area contributed by atoms with Gasteiger partial charge >= 0.3 is 0 Å². The Hall–Kier alpha value is -0.900. The van der Waals surface area contributed by atoms with Gasteiger partial charge in [0.05, 0.1) is 0 Å². The highest BCUT2D eigenvalue weighted by Gasteiger charge is 2.48. The maximum absolute atomic E-state index is 11.8. The van der Waals surface area contributed by atoms with Crippen molar-refractivity contribution in [3.8, 4) is 0 Å². The summed E-state index contributed by atoms with van der Waals surface area (Å²) >= 11 is 0. The van der Waals surface area contributed by atoms with E-state index >= 15 is 0 Å². The molecule has 4 nitrogen and oxygen atoms in total. The summed E-state index contributed by atoms with van der Waals surface area (Å²) in [5.41, 5.74) is -0.0549. The number of rotatable bonds is 1. The smallest absolute Gasteiger partial charge is 0.230 e. The number of carbonyl (C=O) groups is 2. The molecule has 0 aliphatic carbocycles. The van der Waals surface area contributed by atoms with Gasteiger partial charge in [-0.25, -0.2) is 0 Å². The molecule has 1 spiro atoms. The molecule has 0 radical (unpaired) electrons. The minimum Gasteiger partial charge on any atom is -0.306 e. The number of piperidine rings is 2. The lowest BCUT2D eigenvalue weighted by molar-refractivity contribution is -0.146. The normalized spacial score (nSPS) is 30.5. The number of carbonyl (C=O) groups excluding carboxylic acids is 2. The number of hydrogen-bond acceptors (Lipinski definition) is 3. The Kier molecular flexibility index (Phi) is 3.02. The van der Waals surface area contributed by atoms with E-state index in [-0.39, 0.29) is 23.1 Å². The second-order valence-electron chi connectivity index (χ2n) is 5.22. The Morgan fingerprint density at radius 2 is 2.00 bits per heavy atom. The van der Waals surface area contributed by atoms with Gasteiger partial charge in [0, 0.05) is 12.3 Å². The minimum atomic E-state index is -0.0840. The number of nitrogens with one attached hydrogen (secondary N) is 1. The molecule has 0 aromatic rings. The van der Waals surface area contributed by atoms with E-state index in [4.69, 9.17) is 0 Å². The van der Waals surface area contributed by atoms with Crippen molar-refractivity contribution in [1.29, 1.82) is 0 Å². The van der Waals surface area contributed by atoms with Crippen LogP contribution >= 0.6 is 0 Å². The number of hydrogen-bond donors (Lipinski definition) is 1. The van der Waals surface area contributed by atoms with E-state index in [1.165, 1.54) is 0 Å². The molecule has 0 aromatic carbocycles. The summed E-state index contributed by atoms with van der Waals surface area (Å²) in [6.07, 6.45) is 3.32. The zero-order valence-corrected chi connectivity index (χ0v) is 10.1. The van der Waals surface area contributed by atoms with Crippen molar-refractivity contribution in [2.75, 3.05) is 20.1 Å². The quantitative estimate of drug-likeness (QED) is 0.669. The molecule has 2 aliphatic heterocycles. The standard InChI is InChI=1S/C12H20N2O2/c1-3-9-11(16)13-10(15)8-12(9)4-6-14(2)7-5-12/h9H,3-8H2,1-2H3,(H,13,15,16). The van der Waals surface area contributed by atoms with Crippen LogP contribution < -0.4 is 5.32 Å². The molecule has 2 aliphatic rings. The van der Waals surface area contributed by atoms with Crippen molar-refractivity contribution in [3.63, 3.8) is 0 Å². The summed E-state index contributed by atoms with van der Waals surface area (Å²) in [5, 5.41) is 2.47. The molecule has 1 N–H and O–H groups in total. The maximum atomic E-state index is 11.8. The monoisotopic (exact) mass is 224 g/mol. The highest BCUT2D eigenvalue weighted by Crippen LogP contribution is 2.45. The Morgan fingerprint density at radius 1 is 1.38 bits per heavy atom. The molecule has 2 fully saturated rings. The van der Waals surface area contributed by atoms with Crippen LogP contribution in [0.15, 0.2) is 0 Å². The first kappa shape index (κ1) is 11.6. The highest BCUT2D eigenvalue weighted by molar-refractivity contribution is 5.99. The molecule has 0 saturated carbocycles. The Balaban J connectivity index is 2.21. The summed E-state index contributed by atoms with van der Waals surface area (Å²) in [4.78, 5) is 25.7. The van der Waals surface area contributed by atoms with Crippen LogP contribution in [-0.2, 0) is 9.59 Å². The van der Waals surface area contributed by atoms with Crippen molar-refractivity contribution in [2.24, 2.45) is 11.3 Å². The fourth-order valence-electron chi connectivity index (χ4n) is 3.20. The molecule has 0 bridgehead atoms. The van der Waals surface area contributed by atoms with E-state index in [9.17, 15) is 9.59 Å². The Morgan fingerprint density at radius 3 is 2.56 bits per heavy atom. The first-order chi connectivity index (χ1) is 7.57. The number of amides is 2. The van der Waals surface area contributed by atoms with E-state index in [0.29, 0.717) is 6.42 Å². The predicted molar refractivity (Wildman–Crippen MR) is 60.7 cm³/mol. The lowest BCUT2D eigenvalue weighted by atomic mass is 9.63. The van der Waals surface area contributed by atoms with Gasteiger partial charge < -0.3 is 4.90 Å². The molecule has 90 valence electrons. The van der Waals surface area contributed by atoms with E-state index < -0.39 is 0 Å². The van der Waals surface area contributed by atoms with Crippen molar-refractivity contribution >= 4 is 11.8 Å². The third-order valence-electron chi connectivity index (χ3n) is 4.22. The van der Waals surface area contributed by atoms with Gasteiger partial charge in [0.15, 0.2) is 0 Å². The van der Waals surface area contributed by atoms with Gasteiger partial charge in [-0.2, -0.15) is 0 Å². The third-order valence-corrected chi connectivity index (χ3v) is 4.22. The number of nitrogens with zero attached hydrogens (tertiary/aromatic N) is 1. The molecule has 2 saturated heterocycles. The lowest BCUT2D eigenvalue weighted by Crippen LogP contribution is -2.55. The van der Waals surface area contributed by atoms with Crippen LogP contribution in [0.5, 0.6) is 0 Å². The van der Waals surface area contributed by atoms with Crippen LogP contribution in [0, 0.1) is 11.3 Å².